The van der Waals surface area contributed by atoms with Gasteiger partial charge in [-0.05, 0) is 12.5 Å². The third kappa shape index (κ3) is 2.75. The van der Waals surface area contributed by atoms with Gasteiger partial charge >= 0.3 is 0 Å². The predicted octanol–water partition coefficient (Wildman–Crippen LogP) is 3.60. The van der Waals surface area contributed by atoms with Crippen LogP contribution in [-0.2, 0) is 16.3 Å². The van der Waals surface area contributed by atoms with Crippen molar-refractivity contribution in [2.24, 2.45) is 0 Å². The molecule has 1 N–H and O–H groups in total. The summed E-state index contributed by atoms with van der Waals surface area (Å²) in [5, 5.41) is 10.1. The first-order valence-corrected chi connectivity index (χ1v) is 9.38. The van der Waals surface area contributed by atoms with E-state index >= 15 is 0 Å². The largest absolute Gasteiger partial charge is 0.382 e. The molecule has 0 radical (unpaired) electrons. The number of sulfone groups is 1. The number of fused-ring (bicyclic) bond motifs is 1. The van der Waals surface area contributed by atoms with Crippen molar-refractivity contribution >= 4 is 21.2 Å². The fourth-order valence-corrected chi connectivity index (χ4v) is 4.01. The first-order valence-electron chi connectivity index (χ1n) is 7.49. The smallest absolute Gasteiger partial charge is 0.278 e. The normalized spacial score (nSPS) is 18.6. The Morgan fingerprint density at radius 3 is 2.50 bits per heavy atom. The van der Waals surface area contributed by atoms with E-state index in [9.17, 15) is 22.3 Å². The second-order valence-corrected chi connectivity index (χ2v) is 8.04. The number of nitrogens with zero attached hydrogens (tertiary/aromatic N) is 3. The van der Waals surface area contributed by atoms with E-state index in [1.165, 1.54) is 29.0 Å². The number of rotatable bonds is 2. The van der Waals surface area contributed by atoms with Gasteiger partial charge in [0, 0.05) is 35.8 Å². The minimum absolute atomic E-state index is 0.0718. The molecule has 3 rings (SSSR count). The van der Waals surface area contributed by atoms with Gasteiger partial charge in [-0.1, -0.05) is 12.1 Å². The summed E-state index contributed by atoms with van der Waals surface area (Å²) >= 11 is 0. The fraction of sp³-hybridized carbons (Fsp3) is 0.294. The van der Waals surface area contributed by atoms with E-state index in [0.29, 0.717) is 5.69 Å². The van der Waals surface area contributed by atoms with Gasteiger partial charge in [-0.3, -0.25) is 9.69 Å². The van der Waals surface area contributed by atoms with Crippen molar-refractivity contribution in [2.45, 2.75) is 29.8 Å². The molecule has 0 fully saturated rings. The lowest BCUT2D eigenvalue weighted by Gasteiger charge is -2.29. The summed E-state index contributed by atoms with van der Waals surface area (Å²) in [5.74, 6) is -3.42. The molecule has 134 valence electrons. The third-order valence-corrected chi connectivity index (χ3v) is 5.48. The highest BCUT2D eigenvalue weighted by atomic mass is 32.2. The lowest BCUT2D eigenvalue weighted by atomic mass is 9.91. The minimum Gasteiger partial charge on any atom is -0.382 e. The molecular weight excluding hydrogens is 364 g/mol. The average Bonchev–Trinajstić information content (AvgIpc) is 2.98. The molecule has 1 aliphatic rings. The molecule has 0 unspecified atom stereocenters. The van der Waals surface area contributed by atoms with Crippen molar-refractivity contribution in [3.05, 3.63) is 58.5 Å². The van der Waals surface area contributed by atoms with Crippen LogP contribution >= 0.6 is 0 Å². The molecule has 1 heterocycles. The average molecular weight is 377 g/mol. The van der Waals surface area contributed by atoms with Gasteiger partial charge in [0.1, 0.15) is 6.10 Å². The van der Waals surface area contributed by atoms with Gasteiger partial charge in [0.25, 0.3) is 5.92 Å². The molecule has 6 nitrogen and oxygen atoms in total. The summed E-state index contributed by atoms with van der Waals surface area (Å²) in [6.45, 7) is 14.2. The number of hydrogen-bond donors (Lipinski definition) is 1. The Kier molecular flexibility index (Phi) is 4.10. The molecule has 9 heteroatoms. The number of aliphatic hydroxyl groups is 1. The molecule has 2 aromatic rings. The van der Waals surface area contributed by atoms with Gasteiger partial charge in [-0.2, -0.15) is 0 Å². The molecule has 1 aromatic carbocycles. The molecule has 0 aliphatic heterocycles. The summed E-state index contributed by atoms with van der Waals surface area (Å²) in [5.41, 5.74) is 0.534. The first-order chi connectivity index (χ1) is 12.1. The van der Waals surface area contributed by atoms with Crippen LogP contribution in [0.15, 0.2) is 29.3 Å². The molecule has 26 heavy (non-hydrogen) atoms. The number of hydrogen-bond acceptors (Lipinski definition) is 3. The Bertz CT molecular complexity index is 1090. The van der Waals surface area contributed by atoms with E-state index in [4.69, 9.17) is 13.1 Å². The SMILES string of the molecule is [C-]#[N+]c1ccc(-n2cc(S(C)(=O)=O)c3c2CCC(F)(F)[C@H]3O)cc1[N+]#[C-]. The van der Waals surface area contributed by atoms with Crippen LogP contribution in [0.4, 0.5) is 20.2 Å². The molecule has 0 amide bonds. The number of aliphatic hydroxyl groups excluding tert-OH is 1. The van der Waals surface area contributed by atoms with Crippen LogP contribution in [-0.4, -0.2) is 30.3 Å². The van der Waals surface area contributed by atoms with Crippen molar-refractivity contribution in [3.63, 3.8) is 0 Å². The van der Waals surface area contributed by atoms with Gasteiger partial charge in [0.2, 0.25) is 0 Å². The number of halogens is 2. The Morgan fingerprint density at radius 2 is 1.92 bits per heavy atom. The molecule has 0 saturated heterocycles. The Labute approximate surface area is 148 Å². The number of benzene rings is 1. The number of alkyl halides is 2. The van der Waals surface area contributed by atoms with Gasteiger partial charge < -0.3 is 9.67 Å². The third-order valence-electron chi connectivity index (χ3n) is 4.36. The van der Waals surface area contributed by atoms with E-state index in [2.05, 4.69) is 9.69 Å². The highest BCUT2D eigenvalue weighted by molar-refractivity contribution is 7.90. The predicted molar refractivity (Wildman–Crippen MR) is 89.6 cm³/mol. The molecule has 0 spiro atoms. The Hall–Kier alpha value is -2.75. The summed E-state index contributed by atoms with van der Waals surface area (Å²) in [4.78, 5) is 6.14. The maximum absolute atomic E-state index is 13.9. The topological polar surface area (TPSA) is 68.0 Å². The van der Waals surface area contributed by atoms with Crippen LogP contribution in [0.5, 0.6) is 0 Å². The molecule has 0 bridgehead atoms. The summed E-state index contributed by atoms with van der Waals surface area (Å²) in [7, 11) is -3.87. The van der Waals surface area contributed by atoms with E-state index in [1.54, 1.807) is 0 Å². The van der Waals surface area contributed by atoms with Crippen LogP contribution in [0, 0.1) is 13.1 Å². The van der Waals surface area contributed by atoms with Crippen molar-refractivity contribution < 1.29 is 22.3 Å². The fourth-order valence-electron chi connectivity index (χ4n) is 3.09. The van der Waals surface area contributed by atoms with Crippen LogP contribution in [0.3, 0.4) is 0 Å². The van der Waals surface area contributed by atoms with E-state index in [0.717, 1.165) is 6.26 Å². The quantitative estimate of drug-likeness (QED) is 0.813. The summed E-state index contributed by atoms with van der Waals surface area (Å²) in [6, 6.07) is 4.31. The zero-order valence-corrected chi connectivity index (χ0v) is 14.4. The van der Waals surface area contributed by atoms with E-state index in [1.807, 2.05) is 0 Å². The van der Waals surface area contributed by atoms with Crippen molar-refractivity contribution in [1.82, 2.24) is 4.57 Å². The van der Waals surface area contributed by atoms with Crippen molar-refractivity contribution in [1.29, 1.82) is 0 Å². The van der Waals surface area contributed by atoms with Crippen LogP contribution < -0.4 is 0 Å². The first kappa shape index (κ1) is 18.1. The minimum atomic E-state index is -3.87. The zero-order chi connectivity index (χ0) is 19.3. The molecule has 0 saturated carbocycles. The van der Waals surface area contributed by atoms with Crippen molar-refractivity contribution in [2.75, 3.05) is 6.26 Å². The van der Waals surface area contributed by atoms with Gasteiger partial charge in [0.15, 0.2) is 21.2 Å². The van der Waals surface area contributed by atoms with Gasteiger partial charge in [-0.15, -0.1) is 0 Å². The molecule has 1 aromatic heterocycles. The second kappa shape index (κ2) is 5.90. The standard InChI is InChI=1S/C17H13F2N3O3S/c1-20-11-5-4-10(8-12(11)21-2)22-9-14(26(3,24)25)15-13(22)6-7-17(18,19)16(15)23/h4-5,8-9,16,23H,6-7H2,3H3/t16-/m0/s1. The van der Waals surface area contributed by atoms with Gasteiger partial charge in [-0.25, -0.2) is 17.2 Å². The highest BCUT2D eigenvalue weighted by Crippen LogP contribution is 2.45. The molecule has 1 atom stereocenters. The lowest BCUT2D eigenvalue weighted by molar-refractivity contribution is -0.123. The maximum Gasteiger partial charge on any atom is 0.278 e. The van der Waals surface area contributed by atoms with Gasteiger partial charge in [0.05, 0.1) is 18.0 Å². The maximum atomic E-state index is 13.9. The summed E-state index contributed by atoms with van der Waals surface area (Å²) < 4.78 is 53.4. The Morgan fingerprint density at radius 1 is 1.27 bits per heavy atom. The molecule has 1 aliphatic carbocycles. The van der Waals surface area contributed by atoms with Crippen molar-refractivity contribution in [3.8, 4) is 5.69 Å². The zero-order valence-electron chi connectivity index (χ0n) is 13.6. The monoisotopic (exact) mass is 377 g/mol. The van der Waals surface area contributed by atoms with Crippen LogP contribution in [0.25, 0.3) is 15.4 Å². The van der Waals surface area contributed by atoms with E-state index in [-0.39, 0.29) is 33.9 Å². The Balaban J connectivity index is 2.30. The highest BCUT2D eigenvalue weighted by Gasteiger charge is 2.47. The van der Waals surface area contributed by atoms with E-state index < -0.39 is 28.3 Å². The van der Waals surface area contributed by atoms with Crippen LogP contribution in [0.2, 0.25) is 0 Å². The number of aromatic nitrogens is 1. The molecular formula is C17H13F2N3O3S. The summed E-state index contributed by atoms with van der Waals surface area (Å²) in [6.07, 6.45) is -0.901. The van der Waals surface area contributed by atoms with Crippen LogP contribution in [0.1, 0.15) is 23.8 Å². The second-order valence-electron chi connectivity index (χ2n) is 6.06. The lowest BCUT2D eigenvalue weighted by Crippen LogP contribution is -2.32.